The molecule has 3 rings (SSSR count). The third-order valence-corrected chi connectivity index (χ3v) is 6.43. The molecule has 2 aromatic rings. The Bertz CT molecular complexity index is 1180. The molecular weight excluding hydrogens is 442 g/mol. The van der Waals surface area contributed by atoms with Crippen molar-refractivity contribution in [2.24, 2.45) is 11.0 Å². The highest BCUT2D eigenvalue weighted by atomic mass is 16.6. The van der Waals surface area contributed by atoms with Crippen LogP contribution in [0.25, 0.3) is 10.4 Å². The van der Waals surface area contributed by atoms with E-state index in [1.54, 1.807) is 31.4 Å². The van der Waals surface area contributed by atoms with Crippen molar-refractivity contribution in [2.75, 3.05) is 13.7 Å². The summed E-state index contributed by atoms with van der Waals surface area (Å²) in [7, 11) is 1.56. The lowest BCUT2D eigenvalue weighted by Crippen LogP contribution is -2.43. The molecule has 11 nitrogen and oxygen atoms in total. The Labute approximate surface area is 196 Å². The van der Waals surface area contributed by atoms with Crippen LogP contribution in [0.5, 0.6) is 5.75 Å². The second-order valence-electron chi connectivity index (χ2n) is 8.27. The van der Waals surface area contributed by atoms with E-state index in [9.17, 15) is 14.4 Å². The van der Waals surface area contributed by atoms with Gasteiger partial charge in [-0.1, -0.05) is 31.1 Å². The van der Waals surface area contributed by atoms with Crippen LogP contribution in [0.4, 0.5) is 0 Å². The Balaban J connectivity index is 2.02. The summed E-state index contributed by atoms with van der Waals surface area (Å²) in [4.78, 5) is 40.7. The third kappa shape index (κ3) is 5.00. The van der Waals surface area contributed by atoms with E-state index >= 15 is 0 Å². The molecule has 1 aromatic carbocycles. The van der Waals surface area contributed by atoms with Crippen LogP contribution in [0.15, 0.2) is 51.2 Å². The fourth-order valence-electron chi connectivity index (χ4n) is 4.47. The van der Waals surface area contributed by atoms with Crippen LogP contribution < -0.4 is 16.0 Å². The van der Waals surface area contributed by atoms with Gasteiger partial charge in [-0.3, -0.25) is 18.7 Å². The summed E-state index contributed by atoms with van der Waals surface area (Å²) < 4.78 is 19.5. The topological polar surface area (TPSA) is 138 Å². The Hall–Kier alpha value is -3.56. The van der Waals surface area contributed by atoms with Crippen LogP contribution in [0, 0.1) is 5.92 Å². The molecule has 1 fully saturated rings. The Morgan fingerprint density at radius 1 is 1.26 bits per heavy atom. The molecule has 0 aliphatic carbocycles. The van der Waals surface area contributed by atoms with E-state index in [1.807, 2.05) is 13.8 Å². The smallest absolute Gasteiger partial charge is 0.333 e. The summed E-state index contributed by atoms with van der Waals surface area (Å²) in [5.41, 5.74) is 7.59. The first-order chi connectivity index (χ1) is 16.3. The SMILES string of the molecule is CC[C@@]1(CCN=[N+]=[N-])O[C@@H](n2ccc(=O)n(Cc3ccc(OC)cc3)c2=O)C(OC(C)=O)[C@H]1C. The summed E-state index contributed by atoms with van der Waals surface area (Å²) in [6.45, 7) is 5.35. The number of hydrogen-bond donors (Lipinski definition) is 0. The summed E-state index contributed by atoms with van der Waals surface area (Å²) in [5, 5.41) is 3.62. The lowest BCUT2D eigenvalue weighted by molar-refractivity contribution is -0.154. The third-order valence-electron chi connectivity index (χ3n) is 6.43. The number of methoxy groups -OCH3 is 1. The quantitative estimate of drug-likeness (QED) is 0.238. The number of carbonyl (C=O) groups is 1. The first-order valence-corrected chi connectivity index (χ1v) is 11.1. The zero-order valence-corrected chi connectivity index (χ0v) is 19.7. The van der Waals surface area contributed by atoms with Crippen molar-refractivity contribution in [1.29, 1.82) is 0 Å². The van der Waals surface area contributed by atoms with E-state index < -0.39 is 35.2 Å². The molecule has 0 radical (unpaired) electrons. The molecule has 1 unspecified atom stereocenters. The minimum Gasteiger partial charge on any atom is -0.497 e. The molecule has 0 spiro atoms. The second kappa shape index (κ2) is 10.6. The van der Waals surface area contributed by atoms with Gasteiger partial charge in [0.2, 0.25) is 0 Å². The van der Waals surface area contributed by atoms with Crippen molar-refractivity contribution >= 4 is 5.97 Å². The average Bonchev–Trinajstić information content (AvgIpc) is 3.08. The van der Waals surface area contributed by atoms with E-state index in [0.717, 1.165) is 10.1 Å². The summed E-state index contributed by atoms with van der Waals surface area (Å²) in [5.74, 6) is -0.142. The van der Waals surface area contributed by atoms with Crippen LogP contribution >= 0.6 is 0 Å². The molecule has 2 heterocycles. The van der Waals surface area contributed by atoms with E-state index in [0.29, 0.717) is 18.6 Å². The number of esters is 1. The van der Waals surface area contributed by atoms with Gasteiger partial charge in [-0.15, -0.1) is 0 Å². The van der Waals surface area contributed by atoms with Gasteiger partial charge in [0.05, 0.1) is 19.3 Å². The molecule has 1 aliphatic rings. The fourth-order valence-corrected chi connectivity index (χ4v) is 4.47. The van der Waals surface area contributed by atoms with E-state index in [-0.39, 0.29) is 19.0 Å². The molecule has 11 heteroatoms. The Morgan fingerprint density at radius 3 is 2.56 bits per heavy atom. The molecule has 0 N–H and O–H groups in total. The van der Waals surface area contributed by atoms with Crippen molar-refractivity contribution in [3.8, 4) is 5.75 Å². The highest BCUT2D eigenvalue weighted by molar-refractivity contribution is 5.66. The van der Waals surface area contributed by atoms with Crippen molar-refractivity contribution in [1.82, 2.24) is 9.13 Å². The number of nitrogens with zero attached hydrogens (tertiary/aromatic N) is 5. The van der Waals surface area contributed by atoms with Gasteiger partial charge in [-0.2, -0.15) is 0 Å². The van der Waals surface area contributed by atoms with Gasteiger partial charge in [0.15, 0.2) is 12.3 Å². The van der Waals surface area contributed by atoms with Crippen LogP contribution in [0.1, 0.15) is 45.4 Å². The van der Waals surface area contributed by atoms with Crippen LogP contribution in [-0.2, 0) is 20.8 Å². The Kier molecular flexibility index (Phi) is 7.80. The first kappa shape index (κ1) is 25.1. The maximum Gasteiger partial charge on any atom is 0.333 e. The van der Waals surface area contributed by atoms with Crippen molar-refractivity contribution < 1.29 is 19.0 Å². The molecule has 0 saturated carbocycles. The van der Waals surface area contributed by atoms with Gasteiger partial charge in [-0.05, 0) is 36.1 Å². The molecule has 0 amide bonds. The summed E-state index contributed by atoms with van der Waals surface area (Å²) in [6, 6.07) is 8.33. The van der Waals surface area contributed by atoms with E-state index in [1.165, 1.54) is 23.8 Å². The monoisotopic (exact) mass is 471 g/mol. The van der Waals surface area contributed by atoms with Gasteiger partial charge in [0.25, 0.3) is 5.56 Å². The number of aromatic nitrogens is 2. The number of hydrogen-bond acceptors (Lipinski definition) is 7. The summed E-state index contributed by atoms with van der Waals surface area (Å²) in [6.07, 6.45) is 0.586. The predicted molar refractivity (Wildman–Crippen MR) is 124 cm³/mol. The fraction of sp³-hybridized carbons (Fsp3) is 0.522. The largest absolute Gasteiger partial charge is 0.497 e. The predicted octanol–water partition coefficient (Wildman–Crippen LogP) is 3.01. The lowest BCUT2D eigenvalue weighted by atomic mass is 9.82. The molecule has 182 valence electrons. The Morgan fingerprint density at radius 2 is 1.97 bits per heavy atom. The highest BCUT2D eigenvalue weighted by Crippen LogP contribution is 2.46. The van der Waals surface area contributed by atoms with Gasteiger partial charge < -0.3 is 14.2 Å². The van der Waals surface area contributed by atoms with E-state index in [4.69, 9.17) is 19.7 Å². The summed E-state index contributed by atoms with van der Waals surface area (Å²) >= 11 is 0. The van der Waals surface area contributed by atoms with Crippen LogP contribution in [0.3, 0.4) is 0 Å². The molecule has 0 bridgehead atoms. The van der Waals surface area contributed by atoms with E-state index in [2.05, 4.69) is 10.0 Å². The molecule has 34 heavy (non-hydrogen) atoms. The molecule has 1 saturated heterocycles. The van der Waals surface area contributed by atoms with Gasteiger partial charge >= 0.3 is 11.7 Å². The zero-order valence-electron chi connectivity index (χ0n) is 19.7. The molecule has 4 atom stereocenters. The lowest BCUT2D eigenvalue weighted by Gasteiger charge is -2.31. The highest BCUT2D eigenvalue weighted by Gasteiger charge is 2.54. The normalized spacial score (nSPS) is 23.8. The first-order valence-electron chi connectivity index (χ1n) is 11.1. The number of carbonyl (C=O) groups excluding carboxylic acids is 1. The van der Waals surface area contributed by atoms with Crippen molar-refractivity contribution in [3.05, 3.63) is 73.4 Å². The minimum atomic E-state index is -0.944. The zero-order chi connectivity index (χ0) is 24.9. The van der Waals surface area contributed by atoms with Crippen molar-refractivity contribution in [3.63, 3.8) is 0 Å². The number of benzene rings is 1. The van der Waals surface area contributed by atoms with Crippen LogP contribution in [0.2, 0.25) is 0 Å². The second-order valence-corrected chi connectivity index (χ2v) is 8.27. The van der Waals surface area contributed by atoms with Gasteiger partial charge in [0, 0.05) is 36.6 Å². The van der Waals surface area contributed by atoms with Crippen molar-refractivity contribution in [2.45, 2.75) is 58.1 Å². The minimum absolute atomic E-state index is 0.0544. The van der Waals surface area contributed by atoms with Crippen LogP contribution in [-0.4, -0.2) is 40.5 Å². The number of rotatable bonds is 9. The maximum absolute atomic E-state index is 13.4. The molecule has 1 aliphatic heterocycles. The maximum atomic E-state index is 13.4. The standard InChI is InChI=1S/C23H29N5O6/c1-5-23(11-12-25-26-24)15(2)20(33-16(3)29)21(34-23)27-13-10-19(30)28(22(27)31)14-17-6-8-18(32-4)9-7-17/h6-10,13,15,20-21H,5,11-12,14H2,1-4H3/t15-,20?,21-,23+/m1/s1. The molecular formula is C23H29N5O6. The number of ether oxygens (including phenoxy) is 3. The number of azide groups is 1. The average molecular weight is 472 g/mol. The van der Waals surface area contributed by atoms with Gasteiger partial charge in [0.1, 0.15) is 5.75 Å². The van der Waals surface area contributed by atoms with Gasteiger partial charge in [-0.25, -0.2) is 4.79 Å². The molecule has 1 aromatic heterocycles.